The summed E-state index contributed by atoms with van der Waals surface area (Å²) in [5, 5.41) is 0. The molecule has 0 radical (unpaired) electrons. The molecule has 5 nitrogen and oxygen atoms in total. The van der Waals surface area contributed by atoms with E-state index in [-0.39, 0.29) is 17.9 Å². The molecule has 0 saturated carbocycles. The van der Waals surface area contributed by atoms with Crippen molar-refractivity contribution in [2.24, 2.45) is 0 Å². The van der Waals surface area contributed by atoms with Crippen molar-refractivity contribution in [3.63, 3.8) is 0 Å². The number of piperazine rings is 1. The van der Waals surface area contributed by atoms with Crippen LogP contribution in [0.1, 0.15) is 38.8 Å². The summed E-state index contributed by atoms with van der Waals surface area (Å²) in [6, 6.07) is 4.49. The first-order chi connectivity index (χ1) is 12.9. The summed E-state index contributed by atoms with van der Waals surface area (Å²) in [4.78, 5) is 16.0. The Morgan fingerprint density at radius 3 is 2.46 bits per heavy atom. The van der Waals surface area contributed by atoms with Crippen molar-refractivity contribution >= 4 is 12.2 Å². The Hall–Kier alpha value is -2.22. The van der Waals surface area contributed by atoms with Gasteiger partial charge in [-0.25, -0.2) is 4.79 Å². The fourth-order valence-electron chi connectivity index (χ4n) is 3.04. The lowest BCUT2D eigenvalue weighted by Gasteiger charge is -2.40. The third kappa shape index (κ3) is 6.74. The molecule has 1 amide bonds. The molecule has 2 rings (SSSR count). The molecule has 1 atom stereocenters. The van der Waals surface area contributed by atoms with E-state index in [4.69, 9.17) is 4.74 Å². The van der Waals surface area contributed by atoms with Crippen molar-refractivity contribution < 1.29 is 27.4 Å². The van der Waals surface area contributed by atoms with Gasteiger partial charge in [-0.15, -0.1) is 13.2 Å². The maximum absolute atomic E-state index is 12.6. The van der Waals surface area contributed by atoms with E-state index in [1.165, 1.54) is 18.2 Å². The van der Waals surface area contributed by atoms with Crippen LogP contribution in [0.15, 0.2) is 24.8 Å². The second kappa shape index (κ2) is 8.43. The minimum atomic E-state index is -4.75. The molecular weight excluding hydrogens is 373 g/mol. The zero-order valence-corrected chi connectivity index (χ0v) is 16.7. The number of nitrogens with zero attached hydrogens (tertiary/aromatic N) is 2. The molecular formula is C20H27F3N2O3. The van der Waals surface area contributed by atoms with E-state index in [1.807, 2.05) is 27.7 Å². The van der Waals surface area contributed by atoms with Crippen LogP contribution in [0.3, 0.4) is 0 Å². The van der Waals surface area contributed by atoms with Crippen LogP contribution in [0.2, 0.25) is 0 Å². The van der Waals surface area contributed by atoms with Crippen molar-refractivity contribution in [3.8, 4) is 5.75 Å². The van der Waals surface area contributed by atoms with E-state index in [1.54, 1.807) is 11.0 Å². The van der Waals surface area contributed by atoms with E-state index in [0.29, 0.717) is 37.3 Å². The summed E-state index contributed by atoms with van der Waals surface area (Å²) in [5.41, 5.74) is 0.684. The van der Waals surface area contributed by atoms with E-state index >= 15 is 0 Å². The number of benzene rings is 1. The molecule has 8 heteroatoms. The topological polar surface area (TPSA) is 42.0 Å². The lowest BCUT2D eigenvalue weighted by Crippen LogP contribution is -2.54. The number of hydrogen-bond donors (Lipinski definition) is 0. The molecule has 1 unspecified atom stereocenters. The molecule has 156 valence electrons. The lowest BCUT2D eigenvalue weighted by atomic mass is 10.1. The van der Waals surface area contributed by atoms with Gasteiger partial charge >= 0.3 is 12.5 Å². The van der Waals surface area contributed by atoms with Crippen molar-refractivity contribution in [2.45, 2.75) is 52.2 Å². The van der Waals surface area contributed by atoms with Crippen LogP contribution in [0.4, 0.5) is 18.0 Å². The summed E-state index contributed by atoms with van der Waals surface area (Å²) in [6.45, 7) is 13.1. The predicted molar refractivity (Wildman–Crippen MR) is 101 cm³/mol. The molecule has 1 heterocycles. The number of ether oxygens (including phenoxy) is 2. The van der Waals surface area contributed by atoms with Gasteiger partial charge in [0.1, 0.15) is 11.4 Å². The van der Waals surface area contributed by atoms with Gasteiger partial charge in [0, 0.05) is 32.2 Å². The molecule has 1 saturated heterocycles. The first-order valence-corrected chi connectivity index (χ1v) is 9.10. The number of hydrogen-bond acceptors (Lipinski definition) is 4. The smallest absolute Gasteiger partial charge is 0.444 e. The largest absolute Gasteiger partial charge is 0.573 e. The van der Waals surface area contributed by atoms with Crippen molar-refractivity contribution in [3.05, 3.63) is 35.9 Å². The summed E-state index contributed by atoms with van der Waals surface area (Å²) in [6.07, 6.45) is -3.62. The van der Waals surface area contributed by atoms with Crippen molar-refractivity contribution in [2.75, 3.05) is 19.6 Å². The van der Waals surface area contributed by atoms with E-state index < -0.39 is 12.0 Å². The molecule has 28 heavy (non-hydrogen) atoms. The Kier molecular flexibility index (Phi) is 6.64. The number of alkyl halides is 3. The molecule has 0 aromatic heterocycles. The summed E-state index contributed by atoms with van der Waals surface area (Å²) in [7, 11) is 0. The zero-order valence-electron chi connectivity index (χ0n) is 16.7. The molecule has 1 aromatic rings. The highest BCUT2D eigenvalue weighted by Crippen LogP contribution is 2.27. The third-order valence-electron chi connectivity index (χ3n) is 4.26. The fraction of sp³-hybridized carbons (Fsp3) is 0.550. The Labute approximate surface area is 163 Å². The average molecular weight is 400 g/mol. The minimum absolute atomic E-state index is 0.0284. The Balaban J connectivity index is 2.05. The number of amides is 1. The van der Waals surface area contributed by atoms with Gasteiger partial charge < -0.3 is 14.4 Å². The normalized spacial score (nSPS) is 18.7. The molecule has 0 spiro atoms. The Bertz CT molecular complexity index is 714. The highest BCUT2D eigenvalue weighted by Gasteiger charge is 2.32. The Morgan fingerprint density at radius 2 is 1.93 bits per heavy atom. The minimum Gasteiger partial charge on any atom is -0.444 e. The van der Waals surface area contributed by atoms with Gasteiger partial charge in [-0.3, -0.25) is 4.90 Å². The highest BCUT2D eigenvalue weighted by molar-refractivity contribution is 5.68. The van der Waals surface area contributed by atoms with Crippen molar-refractivity contribution in [1.82, 2.24) is 9.80 Å². The average Bonchev–Trinajstić information content (AvgIpc) is 2.53. The molecule has 0 bridgehead atoms. The van der Waals surface area contributed by atoms with Crippen LogP contribution in [0, 0.1) is 0 Å². The third-order valence-corrected chi connectivity index (χ3v) is 4.26. The zero-order chi connectivity index (χ0) is 21.1. The van der Waals surface area contributed by atoms with E-state index in [0.717, 1.165) is 0 Å². The first-order valence-electron chi connectivity index (χ1n) is 9.10. The lowest BCUT2D eigenvalue weighted by molar-refractivity contribution is -0.274. The quantitative estimate of drug-likeness (QED) is 0.737. The van der Waals surface area contributed by atoms with Gasteiger partial charge in [0.2, 0.25) is 0 Å². The van der Waals surface area contributed by atoms with Gasteiger partial charge in [0.05, 0.1) is 0 Å². The molecule has 0 N–H and O–H groups in total. The monoisotopic (exact) mass is 400 g/mol. The SMILES string of the molecule is C=Cc1cc(CN2CCN(C(=O)OC(C)(C)C)CC2C)cc(OC(F)(F)F)c1. The predicted octanol–water partition coefficient (Wildman–Crippen LogP) is 4.67. The molecule has 0 aliphatic carbocycles. The number of carbonyl (C=O) groups is 1. The van der Waals surface area contributed by atoms with Crippen LogP contribution in [0.5, 0.6) is 5.75 Å². The van der Waals surface area contributed by atoms with Crippen LogP contribution in [-0.4, -0.2) is 53.5 Å². The highest BCUT2D eigenvalue weighted by atomic mass is 19.4. The van der Waals surface area contributed by atoms with Crippen LogP contribution in [0.25, 0.3) is 6.08 Å². The molecule has 1 aromatic carbocycles. The van der Waals surface area contributed by atoms with Crippen LogP contribution >= 0.6 is 0 Å². The first kappa shape index (κ1) is 22.1. The Morgan fingerprint density at radius 1 is 1.25 bits per heavy atom. The van der Waals surface area contributed by atoms with E-state index in [9.17, 15) is 18.0 Å². The van der Waals surface area contributed by atoms with Gasteiger partial charge in [0.25, 0.3) is 0 Å². The van der Waals surface area contributed by atoms with E-state index in [2.05, 4.69) is 16.2 Å². The molecule has 1 aliphatic rings. The standard InChI is InChI=1S/C20H27F3N2O3/c1-6-15-9-16(11-17(10-15)27-20(21,22)23)13-24-7-8-25(12-14(24)2)18(26)28-19(3,4)5/h6,9-11,14H,1,7-8,12-13H2,2-5H3. The fourth-order valence-corrected chi connectivity index (χ4v) is 3.04. The van der Waals surface area contributed by atoms with Crippen LogP contribution in [-0.2, 0) is 11.3 Å². The van der Waals surface area contributed by atoms with Crippen molar-refractivity contribution in [1.29, 1.82) is 0 Å². The summed E-state index contributed by atoms with van der Waals surface area (Å²) < 4.78 is 47.1. The second-order valence-corrected chi connectivity index (χ2v) is 7.91. The van der Waals surface area contributed by atoms with Gasteiger partial charge in [0.15, 0.2) is 0 Å². The number of rotatable bonds is 4. The maximum Gasteiger partial charge on any atom is 0.573 e. The molecule has 1 aliphatic heterocycles. The van der Waals surface area contributed by atoms with Gasteiger partial charge in [-0.05, 0) is 51.0 Å². The summed E-state index contributed by atoms with van der Waals surface area (Å²) in [5.74, 6) is -0.264. The number of carbonyl (C=O) groups excluding carboxylic acids is 1. The summed E-state index contributed by atoms with van der Waals surface area (Å²) >= 11 is 0. The number of halogens is 3. The second-order valence-electron chi connectivity index (χ2n) is 7.91. The van der Waals surface area contributed by atoms with Gasteiger partial charge in [-0.1, -0.05) is 18.7 Å². The van der Waals surface area contributed by atoms with Crippen LogP contribution < -0.4 is 4.74 Å². The maximum atomic E-state index is 12.6. The van der Waals surface area contributed by atoms with Gasteiger partial charge in [-0.2, -0.15) is 0 Å². The molecule has 1 fully saturated rings.